The van der Waals surface area contributed by atoms with Gasteiger partial charge in [-0.1, -0.05) is 13.8 Å². The standard InChI is InChI=1S/C13H22N2/c1-3-15(12-6-7-12)13-8-10(2)4-5-11(13)9-14/h10-13H,3-8H2,1-2H3. The summed E-state index contributed by atoms with van der Waals surface area (Å²) in [7, 11) is 0. The Labute approximate surface area is 93.3 Å². The fourth-order valence-electron chi connectivity index (χ4n) is 3.04. The lowest BCUT2D eigenvalue weighted by molar-refractivity contribution is 0.103. The predicted molar refractivity (Wildman–Crippen MR) is 61.3 cm³/mol. The van der Waals surface area contributed by atoms with Crippen LogP contribution < -0.4 is 0 Å². The third-order valence-corrected chi connectivity index (χ3v) is 4.05. The smallest absolute Gasteiger partial charge is 0.0672 e. The molecule has 0 heterocycles. The molecule has 2 nitrogen and oxygen atoms in total. The summed E-state index contributed by atoms with van der Waals surface area (Å²) in [5.41, 5.74) is 0. The largest absolute Gasteiger partial charge is 0.296 e. The maximum Gasteiger partial charge on any atom is 0.0672 e. The highest BCUT2D eigenvalue weighted by atomic mass is 15.2. The van der Waals surface area contributed by atoms with Gasteiger partial charge in [0, 0.05) is 12.1 Å². The average Bonchev–Trinajstić information content (AvgIpc) is 3.04. The highest BCUT2D eigenvalue weighted by molar-refractivity contribution is 5.00. The molecule has 0 N–H and O–H groups in total. The van der Waals surface area contributed by atoms with E-state index in [9.17, 15) is 5.26 Å². The van der Waals surface area contributed by atoms with Crippen molar-refractivity contribution < 1.29 is 0 Å². The van der Waals surface area contributed by atoms with Gasteiger partial charge in [-0.2, -0.15) is 5.26 Å². The van der Waals surface area contributed by atoms with Crippen molar-refractivity contribution >= 4 is 0 Å². The lowest BCUT2D eigenvalue weighted by Gasteiger charge is -2.39. The second-order valence-electron chi connectivity index (χ2n) is 5.28. The summed E-state index contributed by atoms with van der Waals surface area (Å²) in [5.74, 6) is 1.11. The predicted octanol–water partition coefficient (Wildman–Crippen LogP) is 2.80. The van der Waals surface area contributed by atoms with Crippen LogP contribution in [0, 0.1) is 23.2 Å². The van der Waals surface area contributed by atoms with E-state index in [1.807, 2.05) is 0 Å². The summed E-state index contributed by atoms with van der Waals surface area (Å²) in [6.45, 7) is 5.70. The quantitative estimate of drug-likeness (QED) is 0.710. The zero-order valence-corrected chi connectivity index (χ0v) is 9.95. The number of hydrogen-bond donors (Lipinski definition) is 0. The molecule has 0 aromatic heterocycles. The van der Waals surface area contributed by atoms with Gasteiger partial charge in [0.15, 0.2) is 0 Å². The van der Waals surface area contributed by atoms with Crippen molar-refractivity contribution in [2.45, 2.75) is 58.0 Å². The van der Waals surface area contributed by atoms with Crippen LogP contribution in [0.15, 0.2) is 0 Å². The van der Waals surface area contributed by atoms with Crippen LogP contribution in [0.4, 0.5) is 0 Å². The Morgan fingerprint density at radius 2 is 2.00 bits per heavy atom. The molecule has 2 fully saturated rings. The second-order valence-corrected chi connectivity index (χ2v) is 5.28. The fourth-order valence-corrected chi connectivity index (χ4v) is 3.04. The topological polar surface area (TPSA) is 27.0 Å². The van der Waals surface area contributed by atoms with E-state index in [1.165, 1.54) is 25.7 Å². The van der Waals surface area contributed by atoms with Gasteiger partial charge in [0.1, 0.15) is 0 Å². The molecule has 3 atom stereocenters. The molecule has 3 unspecified atom stereocenters. The highest BCUT2D eigenvalue weighted by Crippen LogP contribution is 2.37. The molecule has 2 aliphatic rings. The summed E-state index contributed by atoms with van der Waals surface area (Å²) in [6.07, 6.45) is 6.32. The summed E-state index contributed by atoms with van der Waals surface area (Å²) >= 11 is 0. The Balaban J connectivity index is 2.04. The van der Waals surface area contributed by atoms with Crippen LogP contribution in [0.5, 0.6) is 0 Å². The molecule has 2 rings (SSSR count). The maximum absolute atomic E-state index is 9.22. The Bertz CT molecular complexity index is 252. The third kappa shape index (κ3) is 2.34. The molecule has 0 radical (unpaired) electrons. The number of nitriles is 1. The lowest BCUT2D eigenvalue weighted by atomic mass is 9.79. The molecule has 84 valence electrons. The van der Waals surface area contributed by atoms with Crippen molar-refractivity contribution in [2.75, 3.05) is 6.54 Å². The first kappa shape index (κ1) is 11.0. The zero-order valence-electron chi connectivity index (χ0n) is 9.95. The van der Waals surface area contributed by atoms with Crippen molar-refractivity contribution in [1.82, 2.24) is 4.90 Å². The van der Waals surface area contributed by atoms with Crippen LogP contribution in [0.25, 0.3) is 0 Å². The molecule has 0 aromatic rings. The third-order valence-electron chi connectivity index (χ3n) is 4.05. The SMILES string of the molecule is CCN(C1CC1)C1CC(C)CCC1C#N. The summed E-state index contributed by atoms with van der Waals surface area (Å²) in [4.78, 5) is 2.60. The molecule has 0 aromatic carbocycles. The van der Waals surface area contributed by atoms with Crippen LogP contribution in [-0.2, 0) is 0 Å². The van der Waals surface area contributed by atoms with E-state index in [1.54, 1.807) is 0 Å². The maximum atomic E-state index is 9.22. The van der Waals surface area contributed by atoms with Gasteiger partial charge in [-0.15, -0.1) is 0 Å². The normalized spacial score (nSPS) is 36.5. The number of nitrogens with zero attached hydrogens (tertiary/aromatic N) is 2. The Hall–Kier alpha value is -0.550. The first-order chi connectivity index (χ1) is 7.26. The van der Waals surface area contributed by atoms with Crippen LogP contribution in [-0.4, -0.2) is 23.5 Å². The minimum Gasteiger partial charge on any atom is -0.296 e. The Kier molecular flexibility index (Phi) is 3.31. The fraction of sp³-hybridized carbons (Fsp3) is 0.923. The molecule has 0 spiro atoms. The second kappa shape index (κ2) is 4.53. The lowest BCUT2D eigenvalue weighted by Crippen LogP contribution is -2.44. The van der Waals surface area contributed by atoms with Gasteiger partial charge in [-0.25, -0.2) is 0 Å². The molecule has 2 saturated carbocycles. The first-order valence-corrected chi connectivity index (χ1v) is 6.41. The minimum absolute atomic E-state index is 0.293. The van der Waals surface area contributed by atoms with E-state index in [4.69, 9.17) is 0 Å². The molecule has 15 heavy (non-hydrogen) atoms. The summed E-state index contributed by atoms with van der Waals surface area (Å²) < 4.78 is 0. The van der Waals surface area contributed by atoms with Crippen molar-refractivity contribution in [2.24, 2.45) is 11.8 Å². The van der Waals surface area contributed by atoms with Crippen molar-refractivity contribution in [3.63, 3.8) is 0 Å². The van der Waals surface area contributed by atoms with Gasteiger partial charge in [0.2, 0.25) is 0 Å². The van der Waals surface area contributed by atoms with Gasteiger partial charge in [0.25, 0.3) is 0 Å². The molecule has 0 aliphatic heterocycles. The highest BCUT2D eigenvalue weighted by Gasteiger charge is 2.39. The monoisotopic (exact) mass is 206 g/mol. The van der Waals surface area contributed by atoms with E-state index < -0.39 is 0 Å². The van der Waals surface area contributed by atoms with Gasteiger partial charge < -0.3 is 0 Å². The Morgan fingerprint density at radius 1 is 1.27 bits per heavy atom. The van der Waals surface area contributed by atoms with Gasteiger partial charge in [0.05, 0.1) is 12.0 Å². The summed E-state index contributed by atoms with van der Waals surface area (Å²) in [6, 6.07) is 3.89. The van der Waals surface area contributed by atoms with Crippen molar-refractivity contribution in [3.8, 4) is 6.07 Å². The number of hydrogen-bond acceptors (Lipinski definition) is 2. The van der Waals surface area contributed by atoms with Crippen LogP contribution >= 0.6 is 0 Å². The van der Waals surface area contributed by atoms with E-state index >= 15 is 0 Å². The van der Waals surface area contributed by atoms with E-state index in [-0.39, 0.29) is 0 Å². The molecule has 0 amide bonds. The zero-order chi connectivity index (χ0) is 10.8. The van der Waals surface area contributed by atoms with Crippen molar-refractivity contribution in [3.05, 3.63) is 0 Å². The van der Waals surface area contributed by atoms with Crippen LogP contribution in [0.3, 0.4) is 0 Å². The van der Waals surface area contributed by atoms with E-state index in [0.717, 1.165) is 24.9 Å². The Morgan fingerprint density at radius 3 is 2.53 bits per heavy atom. The molecule has 2 aliphatic carbocycles. The summed E-state index contributed by atoms with van der Waals surface area (Å²) in [5, 5.41) is 9.22. The molecule has 0 bridgehead atoms. The number of rotatable bonds is 3. The first-order valence-electron chi connectivity index (χ1n) is 6.41. The van der Waals surface area contributed by atoms with Gasteiger partial charge in [-0.05, 0) is 44.6 Å². The van der Waals surface area contributed by atoms with Crippen LogP contribution in [0.1, 0.15) is 46.0 Å². The average molecular weight is 206 g/mol. The van der Waals surface area contributed by atoms with Gasteiger partial charge in [-0.3, -0.25) is 4.90 Å². The minimum atomic E-state index is 0.293. The molecular formula is C13H22N2. The molecule has 0 saturated heterocycles. The van der Waals surface area contributed by atoms with Gasteiger partial charge >= 0.3 is 0 Å². The van der Waals surface area contributed by atoms with Crippen molar-refractivity contribution in [1.29, 1.82) is 5.26 Å². The van der Waals surface area contributed by atoms with E-state index in [0.29, 0.717) is 12.0 Å². The molecule has 2 heteroatoms. The molecular weight excluding hydrogens is 184 g/mol. The van der Waals surface area contributed by atoms with Crippen LogP contribution in [0.2, 0.25) is 0 Å². The van der Waals surface area contributed by atoms with E-state index in [2.05, 4.69) is 24.8 Å².